The van der Waals surface area contributed by atoms with Gasteiger partial charge in [0.15, 0.2) is 0 Å². The lowest BCUT2D eigenvalue weighted by atomic mass is 10.1. The third-order valence-electron chi connectivity index (χ3n) is 2.10. The van der Waals surface area contributed by atoms with Crippen molar-refractivity contribution in [2.45, 2.75) is 26.3 Å². The number of aryl methyl sites for hydroxylation is 1. The van der Waals surface area contributed by atoms with Crippen LogP contribution in [0.4, 0.5) is 0 Å². The van der Waals surface area contributed by atoms with E-state index in [9.17, 15) is 0 Å². The van der Waals surface area contributed by atoms with Crippen molar-refractivity contribution in [2.24, 2.45) is 0 Å². The monoisotopic (exact) mass is 179 g/mol. The van der Waals surface area contributed by atoms with Gasteiger partial charge in [0.2, 0.25) is 0 Å². The van der Waals surface area contributed by atoms with Crippen LogP contribution in [0.25, 0.3) is 0 Å². The molecule has 1 rings (SSSR count). The fraction of sp³-hybridized carbons (Fsp3) is 0.455. The molecule has 0 saturated carbocycles. The SMILES string of the molecule is C=CC(NCC)c1ccoc1CC. The van der Waals surface area contributed by atoms with E-state index in [2.05, 4.69) is 25.7 Å². The molecule has 13 heavy (non-hydrogen) atoms. The molecule has 1 unspecified atom stereocenters. The van der Waals surface area contributed by atoms with Gasteiger partial charge in [-0.1, -0.05) is 19.9 Å². The van der Waals surface area contributed by atoms with Gasteiger partial charge in [-0.3, -0.25) is 0 Å². The van der Waals surface area contributed by atoms with Crippen molar-refractivity contribution < 1.29 is 4.42 Å². The largest absolute Gasteiger partial charge is 0.469 e. The van der Waals surface area contributed by atoms with Crippen molar-refractivity contribution >= 4 is 0 Å². The topological polar surface area (TPSA) is 25.2 Å². The molecule has 0 spiro atoms. The minimum atomic E-state index is 0.221. The molecule has 0 radical (unpaired) electrons. The van der Waals surface area contributed by atoms with Crippen LogP contribution in [-0.4, -0.2) is 6.54 Å². The van der Waals surface area contributed by atoms with E-state index in [1.807, 2.05) is 12.1 Å². The lowest BCUT2D eigenvalue weighted by Crippen LogP contribution is -2.19. The van der Waals surface area contributed by atoms with E-state index in [1.54, 1.807) is 6.26 Å². The smallest absolute Gasteiger partial charge is 0.108 e. The first-order chi connectivity index (χ1) is 6.33. The Hall–Kier alpha value is -1.02. The van der Waals surface area contributed by atoms with Crippen molar-refractivity contribution in [3.8, 4) is 0 Å². The maximum atomic E-state index is 5.36. The second kappa shape index (κ2) is 4.87. The van der Waals surface area contributed by atoms with Crippen molar-refractivity contribution in [1.82, 2.24) is 5.32 Å². The summed E-state index contributed by atoms with van der Waals surface area (Å²) in [4.78, 5) is 0. The molecule has 1 aromatic rings. The summed E-state index contributed by atoms with van der Waals surface area (Å²) in [7, 11) is 0. The van der Waals surface area contributed by atoms with Crippen LogP contribution in [0, 0.1) is 0 Å². The maximum Gasteiger partial charge on any atom is 0.108 e. The van der Waals surface area contributed by atoms with Crippen LogP contribution in [0.3, 0.4) is 0 Å². The minimum Gasteiger partial charge on any atom is -0.469 e. The second-order valence-corrected chi connectivity index (χ2v) is 2.92. The van der Waals surface area contributed by atoms with Crippen LogP contribution >= 0.6 is 0 Å². The Labute approximate surface area is 79.6 Å². The average Bonchev–Trinajstić information content (AvgIpc) is 2.61. The first-order valence-electron chi connectivity index (χ1n) is 4.75. The van der Waals surface area contributed by atoms with Gasteiger partial charge in [-0.2, -0.15) is 0 Å². The maximum absolute atomic E-state index is 5.36. The molecule has 2 heteroatoms. The average molecular weight is 179 g/mol. The zero-order chi connectivity index (χ0) is 9.68. The standard InChI is InChI=1S/C11H17NO/c1-4-10(12-6-3)9-7-8-13-11(9)5-2/h4,7-8,10,12H,1,5-6H2,2-3H3. The molecular weight excluding hydrogens is 162 g/mol. The molecule has 0 saturated heterocycles. The van der Waals surface area contributed by atoms with E-state index < -0.39 is 0 Å². The Bertz CT molecular complexity index is 265. The van der Waals surface area contributed by atoms with Crippen LogP contribution in [0.1, 0.15) is 31.2 Å². The number of rotatable bonds is 5. The molecule has 1 heterocycles. The number of hydrogen-bond acceptors (Lipinski definition) is 2. The lowest BCUT2D eigenvalue weighted by Gasteiger charge is -2.12. The summed E-state index contributed by atoms with van der Waals surface area (Å²) in [6.07, 6.45) is 4.58. The van der Waals surface area contributed by atoms with Crippen molar-refractivity contribution in [1.29, 1.82) is 0 Å². The zero-order valence-electron chi connectivity index (χ0n) is 8.34. The number of furan rings is 1. The van der Waals surface area contributed by atoms with Gasteiger partial charge in [0.25, 0.3) is 0 Å². The summed E-state index contributed by atoms with van der Waals surface area (Å²) < 4.78 is 5.36. The Morgan fingerprint density at radius 3 is 2.92 bits per heavy atom. The van der Waals surface area contributed by atoms with Gasteiger partial charge in [-0.15, -0.1) is 6.58 Å². The summed E-state index contributed by atoms with van der Waals surface area (Å²) in [5, 5.41) is 3.33. The van der Waals surface area contributed by atoms with Gasteiger partial charge in [0.1, 0.15) is 5.76 Å². The third-order valence-corrected chi connectivity index (χ3v) is 2.10. The second-order valence-electron chi connectivity index (χ2n) is 2.92. The first kappa shape index (κ1) is 10.1. The van der Waals surface area contributed by atoms with E-state index in [0.717, 1.165) is 18.7 Å². The van der Waals surface area contributed by atoms with Crippen molar-refractivity contribution in [3.05, 3.63) is 36.3 Å². The lowest BCUT2D eigenvalue weighted by molar-refractivity contribution is 0.503. The normalized spacial score (nSPS) is 12.8. The van der Waals surface area contributed by atoms with Crippen LogP contribution in [-0.2, 0) is 6.42 Å². The molecule has 1 aromatic heterocycles. The molecule has 2 nitrogen and oxygen atoms in total. The minimum absolute atomic E-state index is 0.221. The Kier molecular flexibility index (Phi) is 3.77. The van der Waals surface area contributed by atoms with Gasteiger partial charge in [0, 0.05) is 12.0 Å². The first-order valence-corrected chi connectivity index (χ1v) is 4.75. The predicted molar refractivity (Wildman–Crippen MR) is 54.7 cm³/mol. The highest BCUT2D eigenvalue weighted by Gasteiger charge is 2.11. The number of hydrogen-bond donors (Lipinski definition) is 1. The Balaban J connectivity index is 2.83. The summed E-state index contributed by atoms with van der Waals surface area (Å²) in [6.45, 7) is 8.92. The molecule has 0 bridgehead atoms. The van der Waals surface area contributed by atoms with Crippen LogP contribution < -0.4 is 5.32 Å². The van der Waals surface area contributed by atoms with E-state index in [4.69, 9.17) is 4.42 Å². The van der Waals surface area contributed by atoms with E-state index in [0.29, 0.717) is 0 Å². The fourth-order valence-corrected chi connectivity index (χ4v) is 1.46. The van der Waals surface area contributed by atoms with Gasteiger partial charge in [-0.05, 0) is 12.6 Å². The van der Waals surface area contributed by atoms with Crippen molar-refractivity contribution in [3.63, 3.8) is 0 Å². The number of likely N-dealkylation sites (N-methyl/N-ethyl adjacent to an activating group) is 1. The highest BCUT2D eigenvalue weighted by atomic mass is 16.3. The molecule has 72 valence electrons. The van der Waals surface area contributed by atoms with Gasteiger partial charge in [-0.25, -0.2) is 0 Å². The number of nitrogens with one attached hydrogen (secondary N) is 1. The summed E-state index contributed by atoms with van der Waals surface area (Å²) >= 11 is 0. The van der Waals surface area contributed by atoms with Gasteiger partial charge < -0.3 is 9.73 Å². The van der Waals surface area contributed by atoms with Crippen molar-refractivity contribution in [2.75, 3.05) is 6.54 Å². The molecule has 1 atom stereocenters. The molecule has 0 amide bonds. The predicted octanol–water partition coefficient (Wildman–Crippen LogP) is 2.68. The molecular formula is C11H17NO. The fourth-order valence-electron chi connectivity index (χ4n) is 1.46. The van der Waals surface area contributed by atoms with E-state index in [-0.39, 0.29) is 6.04 Å². The third kappa shape index (κ3) is 2.22. The summed E-state index contributed by atoms with van der Waals surface area (Å²) in [5.74, 6) is 1.05. The molecule has 0 aliphatic carbocycles. The highest BCUT2D eigenvalue weighted by molar-refractivity contribution is 5.24. The van der Waals surface area contributed by atoms with Gasteiger partial charge >= 0.3 is 0 Å². The van der Waals surface area contributed by atoms with E-state index >= 15 is 0 Å². The molecule has 0 aliphatic rings. The Morgan fingerprint density at radius 2 is 2.38 bits per heavy atom. The highest BCUT2D eigenvalue weighted by Crippen LogP contribution is 2.20. The zero-order valence-corrected chi connectivity index (χ0v) is 8.34. The molecule has 1 N–H and O–H groups in total. The molecule has 0 aliphatic heterocycles. The van der Waals surface area contributed by atoms with Crippen LogP contribution in [0.15, 0.2) is 29.4 Å². The molecule has 0 fully saturated rings. The summed E-state index contributed by atoms with van der Waals surface area (Å²) in [5.41, 5.74) is 1.21. The Morgan fingerprint density at radius 1 is 1.62 bits per heavy atom. The van der Waals surface area contributed by atoms with Crippen LogP contribution in [0.5, 0.6) is 0 Å². The van der Waals surface area contributed by atoms with Gasteiger partial charge in [0.05, 0.1) is 12.3 Å². The van der Waals surface area contributed by atoms with Crippen LogP contribution in [0.2, 0.25) is 0 Å². The molecule has 0 aromatic carbocycles. The quantitative estimate of drug-likeness (QED) is 0.703. The summed E-state index contributed by atoms with van der Waals surface area (Å²) in [6, 6.07) is 2.23. The van der Waals surface area contributed by atoms with E-state index in [1.165, 1.54) is 5.56 Å².